The maximum Gasteiger partial charge on any atom is 0.230 e. The Morgan fingerprint density at radius 1 is 1.07 bits per heavy atom. The van der Waals surface area contributed by atoms with Crippen LogP contribution in [0.15, 0.2) is 59.8 Å². The summed E-state index contributed by atoms with van der Waals surface area (Å²) in [4.78, 5) is 14.5. The lowest BCUT2D eigenvalue weighted by Crippen LogP contribution is -2.35. The highest BCUT2D eigenvalue weighted by molar-refractivity contribution is 7.99. The monoisotopic (exact) mass is 424 g/mol. The molecule has 0 aliphatic rings. The molecule has 1 aromatic heterocycles. The van der Waals surface area contributed by atoms with Crippen LogP contribution in [0, 0.1) is 0 Å². The molecule has 0 bridgehead atoms. The van der Waals surface area contributed by atoms with E-state index in [0.717, 1.165) is 5.69 Å². The lowest BCUT2D eigenvalue weighted by molar-refractivity contribution is -0.118. The second-order valence-corrected chi connectivity index (χ2v) is 8.54. The van der Waals surface area contributed by atoms with Crippen LogP contribution in [-0.2, 0) is 4.79 Å². The molecule has 0 radical (unpaired) electrons. The van der Waals surface area contributed by atoms with E-state index in [1.54, 1.807) is 4.68 Å². The molecule has 7 nitrogen and oxygen atoms in total. The molecule has 30 heavy (non-hydrogen) atoms. The van der Waals surface area contributed by atoms with Crippen molar-refractivity contribution >= 4 is 17.7 Å². The summed E-state index contributed by atoms with van der Waals surface area (Å²) < 4.78 is 1.66. The van der Waals surface area contributed by atoms with Gasteiger partial charge in [-0.3, -0.25) is 4.79 Å². The lowest BCUT2D eigenvalue weighted by Gasteiger charge is -2.25. The van der Waals surface area contributed by atoms with Crippen molar-refractivity contribution in [3.8, 4) is 5.69 Å². The first-order valence-electron chi connectivity index (χ1n) is 9.95. The zero-order chi connectivity index (χ0) is 21.5. The number of nitrogens with one attached hydrogen (secondary N) is 1. The van der Waals surface area contributed by atoms with Gasteiger partial charge in [-0.15, -0.1) is 5.10 Å². The van der Waals surface area contributed by atoms with Crippen LogP contribution in [0.3, 0.4) is 0 Å². The number of thioether (sulfide) groups is 1. The van der Waals surface area contributed by atoms with E-state index in [9.17, 15) is 4.79 Å². The molecule has 2 aromatic carbocycles. The number of nitrogens with zero attached hydrogens (tertiary/aromatic N) is 5. The summed E-state index contributed by atoms with van der Waals surface area (Å²) in [5, 5.41) is 15.5. The Morgan fingerprint density at radius 3 is 2.40 bits per heavy atom. The van der Waals surface area contributed by atoms with Gasteiger partial charge in [0.1, 0.15) is 0 Å². The van der Waals surface area contributed by atoms with Gasteiger partial charge in [-0.05, 0) is 53.7 Å². The largest absolute Gasteiger partial charge is 0.353 e. The van der Waals surface area contributed by atoms with Crippen molar-refractivity contribution < 1.29 is 4.79 Å². The third kappa shape index (κ3) is 5.67. The van der Waals surface area contributed by atoms with E-state index >= 15 is 0 Å². The van der Waals surface area contributed by atoms with Gasteiger partial charge >= 0.3 is 0 Å². The highest BCUT2D eigenvalue weighted by Gasteiger charge is 2.16. The Morgan fingerprint density at radius 2 is 1.77 bits per heavy atom. The number of amides is 1. The molecule has 3 rings (SSSR count). The molecular weight excluding hydrogens is 396 g/mol. The van der Waals surface area contributed by atoms with Gasteiger partial charge in [0, 0.05) is 6.54 Å². The highest BCUT2D eigenvalue weighted by Crippen LogP contribution is 2.21. The number of rotatable bonds is 9. The Bertz CT molecular complexity index is 940. The van der Waals surface area contributed by atoms with Crippen LogP contribution in [-0.4, -0.2) is 57.4 Å². The van der Waals surface area contributed by atoms with E-state index in [2.05, 4.69) is 63.9 Å². The van der Waals surface area contributed by atoms with Gasteiger partial charge in [0.2, 0.25) is 11.1 Å². The molecule has 0 saturated heterocycles. The predicted molar refractivity (Wildman–Crippen MR) is 120 cm³/mol. The van der Waals surface area contributed by atoms with Gasteiger partial charge in [-0.1, -0.05) is 68.1 Å². The van der Waals surface area contributed by atoms with E-state index in [-0.39, 0.29) is 17.7 Å². The normalized spacial score (nSPS) is 12.3. The van der Waals surface area contributed by atoms with Crippen LogP contribution < -0.4 is 5.32 Å². The number of carbonyl (C=O) groups is 1. The van der Waals surface area contributed by atoms with Crippen molar-refractivity contribution in [2.24, 2.45) is 0 Å². The van der Waals surface area contributed by atoms with Gasteiger partial charge in [0.25, 0.3) is 0 Å². The van der Waals surface area contributed by atoms with Gasteiger partial charge < -0.3 is 10.2 Å². The van der Waals surface area contributed by atoms with Crippen molar-refractivity contribution in [2.45, 2.75) is 31.0 Å². The number of hydrogen-bond acceptors (Lipinski definition) is 6. The summed E-state index contributed by atoms with van der Waals surface area (Å²) in [5.41, 5.74) is 3.31. The summed E-state index contributed by atoms with van der Waals surface area (Å²) in [6, 6.07) is 18.4. The first-order chi connectivity index (χ1) is 14.5. The second-order valence-electron chi connectivity index (χ2n) is 7.60. The smallest absolute Gasteiger partial charge is 0.230 e. The van der Waals surface area contributed by atoms with E-state index in [1.165, 1.54) is 22.9 Å². The fourth-order valence-electron chi connectivity index (χ4n) is 3.10. The Labute approximate surface area is 181 Å². The second kappa shape index (κ2) is 10.4. The fraction of sp³-hybridized carbons (Fsp3) is 0.364. The predicted octanol–water partition coefficient (Wildman–Crippen LogP) is 3.30. The van der Waals surface area contributed by atoms with Gasteiger partial charge in [0.15, 0.2) is 0 Å². The number of tetrazole rings is 1. The minimum Gasteiger partial charge on any atom is -0.353 e. The van der Waals surface area contributed by atoms with Crippen LogP contribution in [0.2, 0.25) is 0 Å². The Kier molecular flexibility index (Phi) is 7.59. The molecule has 158 valence electrons. The number of carbonyl (C=O) groups excluding carboxylic acids is 1. The summed E-state index contributed by atoms with van der Waals surface area (Å²) in [6.07, 6.45) is 0. The highest BCUT2D eigenvalue weighted by atomic mass is 32.2. The van der Waals surface area contributed by atoms with Crippen molar-refractivity contribution in [3.05, 3.63) is 65.7 Å². The first-order valence-corrected chi connectivity index (χ1v) is 10.9. The summed E-state index contributed by atoms with van der Waals surface area (Å²) in [5.74, 6) is 0.666. The quantitative estimate of drug-likeness (QED) is 0.531. The molecule has 0 saturated carbocycles. The number of aromatic nitrogens is 4. The van der Waals surface area contributed by atoms with Crippen molar-refractivity contribution in [3.63, 3.8) is 0 Å². The van der Waals surface area contributed by atoms with Crippen LogP contribution in [0.4, 0.5) is 0 Å². The van der Waals surface area contributed by atoms with Crippen molar-refractivity contribution in [1.29, 1.82) is 0 Å². The molecule has 3 aromatic rings. The lowest BCUT2D eigenvalue weighted by atomic mass is 10.0. The first kappa shape index (κ1) is 22.0. The third-order valence-corrected chi connectivity index (χ3v) is 5.80. The SMILES string of the molecule is CC(C)c1ccc(-n2nnnc2SCC(=O)NC[C@H](c2ccccc2)N(C)C)cc1. The zero-order valence-electron chi connectivity index (χ0n) is 17.8. The molecule has 8 heteroatoms. The minimum atomic E-state index is -0.0486. The number of hydrogen-bond donors (Lipinski definition) is 1. The summed E-state index contributed by atoms with van der Waals surface area (Å²) >= 11 is 1.32. The molecule has 0 fully saturated rings. The van der Waals surface area contributed by atoms with E-state index < -0.39 is 0 Å². The van der Waals surface area contributed by atoms with Crippen molar-refractivity contribution in [1.82, 2.24) is 30.4 Å². The summed E-state index contributed by atoms with van der Waals surface area (Å²) in [7, 11) is 4.02. The zero-order valence-corrected chi connectivity index (χ0v) is 18.6. The van der Waals surface area contributed by atoms with E-state index in [4.69, 9.17) is 0 Å². The molecule has 0 spiro atoms. The Balaban J connectivity index is 1.57. The standard InChI is InChI=1S/C22H28N6OS/c1-16(2)17-10-12-19(13-11-17)28-22(24-25-26-28)30-15-21(29)23-14-20(27(3)4)18-8-6-5-7-9-18/h5-13,16,20H,14-15H2,1-4H3,(H,23,29)/t20-/m1/s1. The maximum atomic E-state index is 12.4. The molecule has 1 amide bonds. The van der Waals surface area contributed by atoms with Crippen LogP contribution >= 0.6 is 11.8 Å². The third-order valence-electron chi connectivity index (χ3n) is 4.88. The van der Waals surface area contributed by atoms with Gasteiger partial charge in [-0.2, -0.15) is 4.68 Å². The molecule has 0 unspecified atom stereocenters. The topological polar surface area (TPSA) is 75.9 Å². The Hall–Kier alpha value is -2.71. The average molecular weight is 425 g/mol. The number of likely N-dealkylation sites (N-methyl/N-ethyl adjacent to an activating group) is 1. The maximum absolute atomic E-state index is 12.4. The fourth-order valence-corrected chi connectivity index (χ4v) is 3.82. The molecule has 0 aliphatic heterocycles. The van der Waals surface area contributed by atoms with Gasteiger partial charge in [0.05, 0.1) is 17.5 Å². The van der Waals surface area contributed by atoms with Gasteiger partial charge in [-0.25, -0.2) is 0 Å². The summed E-state index contributed by atoms with van der Waals surface area (Å²) in [6.45, 7) is 4.85. The van der Waals surface area contributed by atoms with E-state index in [0.29, 0.717) is 17.6 Å². The molecule has 1 heterocycles. The molecule has 0 aliphatic carbocycles. The van der Waals surface area contributed by atoms with Crippen molar-refractivity contribution in [2.75, 3.05) is 26.4 Å². The average Bonchev–Trinajstić information content (AvgIpc) is 3.21. The van der Waals surface area contributed by atoms with Crippen LogP contribution in [0.5, 0.6) is 0 Å². The molecule has 1 atom stereocenters. The number of benzene rings is 2. The van der Waals surface area contributed by atoms with E-state index in [1.807, 2.05) is 44.4 Å². The molecular formula is C22H28N6OS. The minimum absolute atomic E-state index is 0.0486. The van der Waals surface area contributed by atoms with Crippen LogP contribution in [0.1, 0.15) is 36.9 Å². The van der Waals surface area contributed by atoms with Crippen LogP contribution in [0.25, 0.3) is 5.69 Å². The molecule has 1 N–H and O–H groups in total.